The first-order valence-corrected chi connectivity index (χ1v) is 14.9. The standard InChI is InChI=1S/C31H26O2P2/c32-34-23-21-26(30(25-13-5-1-6-14-25)31(34)27-15-7-2-8-16-27)22-24-35(33,28-17-9-3-10-18-28)29-19-11-4-12-20-29/h1-21,23H,22,24H2. The number of hydrogen-bond donors (Lipinski definition) is 0. The summed E-state index contributed by atoms with van der Waals surface area (Å²) in [4.78, 5) is 13.3. The Morgan fingerprint density at radius 3 is 1.57 bits per heavy atom. The van der Waals surface area contributed by atoms with E-state index < -0.39 is 14.9 Å². The van der Waals surface area contributed by atoms with Gasteiger partial charge < -0.3 is 9.46 Å². The normalized spacial score (nSPS) is 11.9. The fourth-order valence-electron chi connectivity index (χ4n) is 4.60. The Labute approximate surface area is 208 Å². The molecule has 0 radical (unpaired) electrons. The molecule has 0 amide bonds. The van der Waals surface area contributed by atoms with Gasteiger partial charge in [-0.3, -0.25) is 0 Å². The van der Waals surface area contributed by atoms with E-state index >= 15 is 0 Å². The van der Waals surface area contributed by atoms with Crippen LogP contribution >= 0.6 is 14.9 Å². The second-order valence-electron chi connectivity index (χ2n) is 8.51. The van der Waals surface area contributed by atoms with Crippen LogP contribution in [0.2, 0.25) is 0 Å². The molecule has 1 aromatic heterocycles. The molecule has 172 valence electrons. The van der Waals surface area contributed by atoms with Crippen LogP contribution in [0.5, 0.6) is 0 Å². The van der Waals surface area contributed by atoms with Gasteiger partial charge in [-0.2, -0.15) is 0 Å². The molecule has 5 aromatic rings. The molecular weight excluding hydrogens is 466 g/mol. The van der Waals surface area contributed by atoms with Crippen molar-refractivity contribution in [2.75, 3.05) is 6.16 Å². The highest BCUT2D eigenvalue weighted by molar-refractivity contribution is 7.78. The zero-order valence-electron chi connectivity index (χ0n) is 19.3. The first kappa shape index (κ1) is 23.5. The molecule has 0 aliphatic carbocycles. The molecule has 0 aliphatic rings. The molecule has 0 saturated carbocycles. The van der Waals surface area contributed by atoms with Crippen LogP contribution in [0.1, 0.15) is 5.56 Å². The minimum Gasteiger partial charge on any atom is -0.626 e. The molecule has 1 unspecified atom stereocenters. The van der Waals surface area contributed by atoms with Gasteiger partial charge in [0.05, 0.1) is 7.76 Å². The lowest BCUT2D eigenvalue weighted by Crippen LogP contribution is -2.19. The van der Waals surface area contributed by atoms with Gasteiger partial charge in [-0.1, -0.05) is 121 Å². The van der Waals surface area contributed by atoms with Gasteiger partial charge in [0.1, 0.15) is 12.9 Å². The van der Waals surface area contributed by atoms with Crippen molar-refractivity contribution in [2.24, 2.45) is 0 Å². The van der Waals surface area contributed by atoms with E-state index in [-0.39, 0.29) is 0 Å². The van der Waals surface area contributed by atoms with Crippen LogP contribution in [-0.4, -0.2) is 6.16 Å². The quantitative estimate of drug-likeness (QED) is 0.230. The summed E-state index contributed by atoms with van der Waals surface area (Å²) in [6.07, 6.45) is 1.11. The van der Waals surface area contributed by atoms with Gasteiger partial charge in [-0.05, 0) is 23.6 Å². The van der Waals surface area contributed by atoms with Gasteiger partial charge in [0.25, 0.3) is 0 Å². The van der Waals surface area contributed by atoms with E-state index in [9.17, 15) is 9.46 Å². The van der Waals surface area contributed by atoms with Gasteiger partial charge in [-0.15, -0.1) is 0 Å². The van der Waals surface area contributed by atoms with Gasteiger partial charge >= 0.3 is 0 Å². The average molecular weight is 492 g/mol. The van der Waals surface area contributed by atoms with Gasteiger partial charge in [-0.25, -0.2) is 0 Å². The predicted octanol–water partition coefficient (Wildman–Crippen LogP) is 6.97. The van der Waals surface area contributed by atoms with Gasteiger partial charge in [0, 0.05) is 27.9 Å². The maximum Gasteiger partial charge on any atom is 0.160 e. The summed E-state index contributed by atoms with van der Waals surface area (Å²) in [6.45, 7) is 0. The summed E-state index contributed by atoms with van der Waals surface area (Å²) >= 11 is 0. The van der Waals surface area contributed by atoms with Crippen LogP contribution < -0.4 is 15.5 Å². The average Bonchev–Trinajstić information content (AvgIpc) is 2.94. The van der Waals surface area contributed by atoms with Crippen molar-refractivity contribution in [3.63, 3.8) is 0 Å². The Morgan fingerprint density at radius 1 is 0.600 bits per heavy atom. The highest BCUT2D eigenvalue weighted by atomic mass is 31.2. The van der Waals surface area contributed by atoms with E-state index in [4.69, 9.17) is 0 Å². The molecule has 1 atom stereocenters. The second kappa shape index (κ2) is 10.5. The highest BCUT2D eigenvalue weighted by Crippen LogP contribution is 2.48. The van der Waals surface area contributed by atoms with E-state index in [1.165, 1.54) is 0 Å². The van der Waals surface area contributed by atoms with Crippen molar-refractivity contribution < 1.29 is 9.46 Å². The molecule has 2 nitrogen and oxygen atoms in total. The Morgan fingerprint density at radius 2 is 1.06 bits per heavy atom. The zero-order valence-corrected chi connectivity index (χ0v) is 21.1. The lowest BCUT2D eigenvalue weighted by molar-refractivity contribution is -0.150. The predicted molar refractivity (Wildman–Crippen MR) is 148 cm³/mol. The Balaban J connectivity index is 1.63. The molecule has 0 saturated heterocycles. The highest BCUT2D eigenvalue weighted by Gasteiger charge is 2.28. The maximum atomic E-state index is 14.6. The summed E-state index contributed by atoms with van der Waals surface area (Å²) in [6, 6.07) is 41.6. The topological polar surface area (TPSA) is 40.1 Å². The van der Waals surface area contributed by atoms with Crippen molar-refractivity contribution in [1.82, 2.24) is 0 Å². The summed E-state index contributed by atoms with van der Waals surface area (Å²) in [5.41, 5.74) is 4.05. The summed E-state index contributed by atoms with van der Waals surface area (Å²) < 4.78 is 14.6. The maximum absolute atomic E-state index is 14.6. The molecule has 4 aromatic carbocycles. The lowest BCUT2D eigenvalue weighted by atomic mass is 9.96. The molecule has 4 heteroatoms. The van der Waals surface area contributed by atoms with Gasteiger partial charge in [0.2, 0.25) is 0 Å². The molecule has 1 heterocycles. The molecule has 35 heavy (non-hydrogen) atoms. The molecule has 0 N–H and O–H groups in total. The number of benzene rings is 4. The van der Waals surface area contributed by atoms with E-state index in [1.54, 1.807) is 5.80 Å². The SMILES string of the molecule is O=P(CCc1cc[p+]([O-])c(-c2ccccc2)c1-c1ccccc1)(c1ccccc1)c1ccccc1. The van der Waals surface area contributed by atoms with Crippen molar-refractivity contribution in [1.29, 1.82) is 0 Å². The Bertz CT molecular complexity index is 1410. The zero-order chi connectivity index (χ0) is 24.1. The molecule has 0 fully saturated rings. The summed E-state index contributed by atoms with van der Waals surface area (Å²) in [5, 5.41) is 2.58. The first-order chi connectivity index (χ1) is 17.2. The van der Waals surface area contributed by atoms with Crippen molar-refractivity contribution in [3.8, 4) is 22.0 Å². The first-order valence-electron chi connectivity index (χ1n) is 11.7. The van der Waals surface area contributed by atoms with Crippen LogP contribution in [-0.2, 0) is 11.0 Å². The molecule has 0 aliphatic heterocycles. The van der Waals surface area contributed by atoms with Crippen LogP contribution in [0.25, 0.3) is 22.0 Å². The van der Waals surface area contributed by atoms with Crippen LogP contribution in [0, 0.1) is 0 Å². The third-order valence-electron chi connectivity index (χ3n) is 6.34. The molecular formula is C31H26O2P2. The third-order valence-corrected chi connectivity index (χ3v) is 10.8. The van der Waals surface area contributed by atoms with Crippen LogP contribution in [0.15, 0.2) is 133 Å². The van der Waals surface area contributed by atoms with Crippen LogP contribution in [0.3, 0.4) is 0 Å². The minimum absolute atomic E-state index is 0.496. The summed E-state index contributed by atoms with van der Waals surface area (Å²) in [5.74, 6) is 1.80. The Kier molecular flexibility index (Phi) is 7.07. The van der Waals surface area contributed by atoms with E-state index in [0.717, 1.165) is 38.2 Å². The largest absolute Gasteiger partial charge is 0.626 e. The number of aryl methyl sites for hydroxylation is 1. The second-order valence-corrected chi connectivity index (χ2v) is 12.9. The smallest absolute Gasteiger partial charge is 0.160 e. The van der Waals surface area contributed by atoms with E-state index in [2.05, 4.69) is 12.1 Å². The third kappa shape index (κ3) is 4.93. The monoisotopic (exact) mass is 492 g/mol. The fourth-order valence-corrected chi connectivity index (χ4v) is 8.64. The fraction of sp³-hybridized carbons (Fsp3) is 0.0645. The van der Waals surface area contributed by atoms with E-state index in [1.807, 2.05) is 115 Å². The van der Waals surface area contributed by atoms with Crippen LogP contribution in [0.4, 0.5) is 0 Å². The number of hydrogen-bond acceptors (Lipinski definition) is 2. The number of rotatable bonds is 7. The van der Waals surface area contributed by atoms with Crippen molar-refractivity contribution in [2.45, 2.75) is 6.42 Å². The molecule has 0 bridgehead atoms. The molecule has 5 rings (SSSR count). The Hall–Kier alpha value is -3.28. The van der Waals surface area contributed by atoms with E-state index in [0.29, 0.717) is 12.6 Å². The lowest BCUT2D eigenvalue weighted by Gasteiger charge is -2.21. The van der Waals surface area contributed by atoms with Crippen molar-refractivity contribution in [3.05, 3.63) is 139 Å². The van der Waals surface area contributed by atoms with Gasteiger partial charge in [0.15, 0.2) is 5.30 Å². The minimum atomic E-state index is -2.87. The molecule has 0 spiro atoms. The summed E-state index contributed by atoms with van der Waals surface area (Å²) in [7, 11) is -4.55. The van der Waals surface area contributed by atoms with Crippen molar-refractivity contribution >= 4 is 25.5 Å².